The van der Waals surface area contributed by atoms with Gasteiger partial charge >= 0.3 is 0 Å². The Morgan fingerprint density at radius 2 is 1.64 bits per heavy atom. The third-order valence-corrected chi connectivity index (χ3v) is 3.79. The molecule has 0 amide bonds. The molecule has 2 aromatic carbocycles. The minimum atomic E-state index is -1.09. The molecule has 0 atom stereocenters. The van der Waals surface area contributed by atoms with Crippen molar-refractivity contribution in [3.8, 4) is 11.5 Å². The third kappa shape index (κ3) is 3.95. The van der Waals surface area contributed by atoms with Gasteiger partial charge in [0, 0.05) is 6.42 Å². The van der Waals surface area contributed by atoms with E-state index in [4.69, 9.17) is 4.74 Å². The van der Waals surface area contributed by atoms with Crippen LogP contribution in [0.4, 0.5) is 13.2 Å². The number of benzene rings is 2. The number of hydrogen-bond donors (Lipinski definition) is 1. The Labute approximate surface area is 144 Å². The Hall–Kier alpha value is -2.50. The van der Waals surface area contributed by atoms with Crippen LogP contribution in [0, 0.1) is 17.5 Å². The summed E-state index contributed by atoms with van der Waals surface area (Å²) in [6.07, 6.45) is 0.561. The van der Waals surface area contributed by atoms with Crippen LogP contribution in [0.5, 0.6) is 11.5 Å². The van der Waals surface area contributed by atoms with Crippen LogP contribution in [0.2, 0.25) is 0 Å². The Morgan fingerprint density at radius 1 is 1.00 bits per heavy atom. The van der Waals surface area contributed by atoms with Crippen molar-refractivity contribution in [2.24, 2.45) is 0 Å². The lowest BCUT2D eigenvalue weighted by Crippen LogP contribution is -2.09. The maximum Gasteiger partial charge on any atom is 0.207 e. The molecule has 6 heteroatoms. The van der Waals surface area contributed by atoms with Crippen molar-refractivity contribution in [1.29, 1.82) is 0 Å². The Kier molecular flexibility index (Phi) is 6.07. The van der Waals surface area contributed by atoms with Gasteiger partial charge in [-0.1, -0.05) is 25.5 Å². The number of carbonyl (C=O) groups excluding carboxylic acids is 1. The maximum absolute atomic E-state index is 14.1. The van der Waals surface area contributed by atoms with E-state index in [1.54, 1.807) is 6.92 Å². The SMILES string of the molecule is CCCc1ccc(CC(=O)c2ccc(OCC)c(F)c2O)c(F)c1F. The summed E-state index contributed by atoms with van der Waals surface area (Å²) in [5, 5.41) is 9.85. The van der Waals surface area contributed by atoms with Gasteiger partial charge in [-0.15, -0.1) is 0 Å². The van der Waals surface area contributed by atoms with Crippen LogP contribution in [0.3, 0.4) is 0 Å². The zero-order valence-electron chi connectivity index (χ0n) is 14.0. The molecule has 0 heterocycles. The molecule has 2 rings (SSSR count). The third-order valence-electron chi connectivity index (χ3n) is 3.79. The van der Waals surface area contributed by atoms with E-state index >= 15 is 0 Å². The van der Waals surface area contributed by atoms with Crippen molar-refractivity contribution in [3.63, 3.8) is 0 Å². The molecule has 2 aromatic rings. The number of ether oxygens (including phenoxy) is 1. The molecule has 0 aromatic heterocycles. The predicted octanol–water partition coefficient (Wildman–Crippen LogP) is 4.59. The van der Waals surface area contributed by atoms with Crippen LogP contribution in [0.15, 0.2) is 24.3 Å². The van der Waals surface area contributed by atoms with E-state index in [2.05, 4.69) is 0 Å². The van der Waals surface area contributed by atoms with Gasteiger partial charge in [0.25, 0.3) is 0 Å². The van der Waals surface area contributed by atoms with Crippen LogP contribution >= 0.6 is 0 Å². The van der Waals surface area contributed by atoms with E-state index in [0.29, 0.717) is 12.8 Å². The summed E-state index contributed by atoms with van der Waals surface area (Å²) in [6, 6.07) is 5.19. The molecule has 0 unspecified atom stereocenters. The lowest BCUT2D eigenvalue weighted by atomic mass is 9.99. The molecular weight excluding hydrogens is 333 g/mol. The number of carbonyl (C=O) groups is 1. The average molecular weight is 352 g/mol. The predicted molar refractivity (Wildman–Crippen MR) is 87.6 cm³/mol. The van der Waals surface area contributed by atoms with Crippen molar-refractivity contribution in [3.05, 3.63) is 58.4 Å². The van der Waals surface area contributed by atoms with Crippen molar-refractivity contribution < 1.29 is 27.8 Å². The van der Waals surface area contributed by atoms with Crippen molar-refractivity contribution in [2.45, 2.75) is 33.1 Å². The first-order valence-corrected chi connectivity index (χ1v) is 8.03. The second kappa shape index (κ2) is 8.05. The quantitative estimate of drug-likeness (QED) is 0.742. The van der Waals surface area contributed by atoms with Crippen LogP contribution < -0.4 is 4.74 Å². The van der Waals surface area contributed by atoms with Crippen molar-refractivity contribution in [2.75, 3.05) is 6.61 Å². The zero-order chi connectivity index (χ0) is 18.6. The molecule has 0 radical (unpaired) electrons. The molecule has 0 saturated heterocycles. The minimum absolute atomic E-state index is 0.143. The molecule has 0 bridgehead atoms. The fraction of sp³-hybridized carbons (Fsp3) is 0.316. The van der Waals surface area contributed by atoms with Gasteiger partial charge in [-0.05, 0) is 36.6 Å². The summed E-state index contributed by atoms with van der Waals surface area (Å²) >= 11 is 0. The van der Waals surface area contributed by atoms with E-state index in [0.717, 1.165) is 0 Å². The standard InChI is InChI=1S/C19H19F3O3/c1-3-5-11-6-7-12(17(21)16(11)20)10-14(23)13-8-9-15(25-4-2)18(22)19(13)24/h6-9,24H,3-5,10H2,1-2H3. The number of halogens is 3. The number of rotatable bonds is 7. The second-order valence-electron chi connectivity index (χ2n) is 5.57. The highest BCUT2D eigenvalue weighted by Crippen LogP contribution is 2.30. The smallest absolute Gasteiger partial charge is 0.207 e. The van der Waals surface area contributed by atoms with Gasteiger partial charge in [0.2, 0.25) is 5.82 Å². The first-order chi connectivity index (χ1) is 11.9. The van der Waals surface area contributed by atoms with E-state index in [9.17, 15) is 23.1 Å². The molecule has 25 heavy (non-hydrogen) atoms. The van der Waals surface area contributed by atoms with E-state index < -0.39 is 35.4 Å². The fourth-order valence-corrected chi connectivity index (χ4v) is 2.53. The van der Waals surface area contributed by atoms with Gasteiger partial charge in [-0.25, -0.2) is 8.78 Å². The summed E-state index contributed by atoms with van der Waals surface area (Å²) < 4.78 is 47.0. The summed E-state index contributed by atoms with van der Waals surface area (Å²) in [4.78, 5) is 12.3. The molecule has 0 fully saturated rings. The van der Waals surface area contributed by atoms with Gasteiger partial charge in [-0.2, -0.15) is 4.39 Å². The molecule has 0 aliphatic heterocycles. The highest BCUT2D eigenvalue weighted by atomic mass is 19.2. The van der Waals surface area contributed by atoms with Gasteiger partial charge in [-0.3, -0.25) is 4.79 Å². The lowest BCUT2D eigenvalue weighted by molar-refractivity contribution is 0.0988. The van der Waals surface area contributed by atoms with Crippen LogP contribution in [-0.4, -0.2) is 17.5 Å². The maximum atomic E-state index is 14.1. The highest BCUT2D eigenvalue weighted by Gasteiger charge is 2.21. The molecule has 3 nitrogen and oxygen atoms in total. The summed E-state index contributed by atoms with van der Waals surface area (Å²) in [6.45, 7) is 3.69. The number of hydrogen-bond acceptors (Lipinski definition) is 3. The zero-order valence-corrected chi connectivity index (χ0v) is 14.0. The topological polar surface area (TPSA) is 46.5 Å². The average Bonchev–Trinajstić information content (AvgIpc) is 2.59. The summed E-state index contributed by atoms with van der Waals surface area (Å²) in [5.74, 6) is -4.89. The molecule has 0 saturated carbocycles. The minimum Gasteiger partial charge on any atom is -0.504 e. The second-order valence-corrected chi connectivity index (χ2v) is 5.57. The normalized spacial score (nSPS) is 10.8. The van der Waals surface area contributed by atoms with Gasteiger partial charge in [0.05, 0.1) is 12.2 Å². The molecular formula is C19H19F3O3. The Bertz CT molecular complexity index is 788. The Morgan fingerprint density at radius 3 is 2.28 bits per heavy atom. The molecule has 0 aliphatic rings. The van der Waals surface area contributed by atoms with Crippen LogP contribution in [0.25, 0.3) is 0 Å². The summed E-state index contributed by atoms with van der Waals surface area (Å²) in [7, 11) is 0. The van der Waals surface area contributed by atoms with E-state index in [1.807, 2.05) is 6.92 Å². The van der Waals surface area contributed by atoms with Gasteiger partial charge < -0.3 is 9.84 Å². The van der Waals surface area contributed by atoms with Crippen LogP contribution in [0.1, 0.15) is 41.8 Å². The number of ketones is 1. The van der Waals surface area contributed by atoms with Crippen molar-refractivity contribution in [1.82, 2.24) is 0 Å². The number of aromatic hydroxyl groups is 1. The largest absolute Gasteiger partial charge is 0.504 e. The highest BCUT2D eigenvalue weighted by molar-refractivity contribution is 6.00. The first kappa shape index (κ1) is 18.8. The molecule has 0 aliphatic carbocycles. The molecule has 0 spiro atoms. The first-order valence-electron chi connectivity index (χ1n) is 8.03. The van der Waals surface area contributed by atoms with Gasteiger partial charge in [0.1, 0.15) is 0 Å². The molecule has 134 valence electrons. The van der Waals surface area contributed by atoms with E-state index in [-0.39, 0.29) is 29.0 Å². The number of phenolic OH excluding ortho intramolecular Hbond substituents is 1. The number of aryl methyl sites for hydroxylation is 1. The number of phenols is 1. The van der Waals surface area contributed by atoms with E-state index in [1.165, 1.54) is 24.3 Å². The Balaban J connectivity index is 2.29. The molecule has 1 N–H and O–H groups in total. The fourth-order valence-electron chi connectivity index (χ4n) is 2.53. The lowest BCUT2D eigenvalue weighted by Gasteiger charge is -2.11. The van der Waals surface area contributed by atoms with Crippen molar-refractivity contribution >= 4 is 5.78 Å². The summed E-state index contributed by atoms with van der Waals surface area (Å²) in [5.41, 5.74) is -0.208. The van der Waals surface area contributed by atoms with Crippen LogP contribution in [-0.2, 0) is 12.8 Å². The number of Topliss-reactive ketones (excluding diaryl/α,β-unsaturated/α-hetero) is 1. The van der Waals surface area contributed by atoms with Gasteiger partial charge in [0.15, 0.2) is 28.9 Å². The monoisotopic (exact) mass is 352 g/mol.